The summed E-state index contributed by atoms with van der Waals surface area (Å²) >= 11 is 0. The third-order valence-electron chi connectivity index (χ3n) is 4.59. The lowest BCUT2D eigenvalue weighted by atomic mass is 9.75. The largest absolute Gasteiger partial charge is 0.495 e. The van der Waals surface area contributed by atoms with Gasteiger partial charge >= 0.3 is 0 Å². The maximum Gasteiger partial charge on any atom is 0.137 e. The Labute approximate surface area is 122 Å². The van der Waals surface area contributed by atoms with E-state index in [1.54, 1.807) is 13.3 Å². The maximum atomic E-state index is 5.14. The van der Waals surface area contributed by atoms with E-state index < -0.39 is 0 Å². The normalized spacial score (nSPS) is 26.6. The number of methoxy groups -OCH3 is 1. The van der Waals surface area contributed by atoms with Gasteiger partial charge < -0.3 is 15.0 Å². The van der Waals surface area contributed by atoms with Crippen molar-refractivity contribution < 1.29 is 4.74 Å². The molecule has 0 bridgehead atoms. The van der Waals surface area contributed by atoms with E-state index in [1.165, 1.54) is 25.7 Å². The summed E-state index contributed by atoms with van der Waals surface area (Å²) in [6.45, 7) is 3.31. The van der Waals surface area contributed by atoms with E-state index in [0.717, 1.165) is 24.0 Å². The molecule has 0 aromatic carbocycles. The molecule has 2 atom stereocenters. The van der Waals surface area contributed by atoms with Gasteiger partial charge in [-0.25, -0.2) is 4.98 Å². The molecule has 1 N–H and O–H groups in total. The van der Waals surface area contributed by atoms with Crippen LogP contribution in [0, 0.1) is 5.92 Å². The Morgan fingerprint density at radius 1 is 1.45 bits per heavy atom. The Morgan fingerprint density at radius 3 is 2.80 bits per heavy atom. The molecular weight excluding hydrogens is 250 g/mol. The van der Waals surface area contributed by atoms with Crippen LogP contribution < -0.4 is 10.1 Å². The molecule has 20 heavy (non-hydrogen) atoms. The number of pyridine rings is 1. The lowest BCUT2D eigenvalue weighted by Crippen LogP contribution is -2.52. The molecule has 0 aliphatic heterocycles. The van der Waals surface area contributed by atoms with Crippen LogP contribution in [0.5, 0.6) is 5.75 Å². The van der Waals surface area contributed by atoms with Gasteiger partial charge in [-0.05, 0) is 45.0 Å². The Balaban J connectivity index is 2.01. The zero-order valence-corrected chi connectivity index (χ0v) is 13.1. The second-order valence-electron chi connectivity index (χ2n) is 6.26. The quantitative estimate of drug-likeness (QED) is 0.897. The Kier molecular flexibility index (Phi) is 4.86. The van der Waals surface area contributed by atoms with Crippen molar-refractivity contribution in [2.75, 3.05) is 33.1 Å². The molecule has 1 heterocycles. The molecule has 2 rings (SSSR count). The number of nitrogens with zero attached hydrogens (tertiary/aromatic N) is 2. The lowest BCUT2D eigenvalue weighted by molar-refractivity contribution is 0.0881. The summed E-state index contributed by atoms with van der Waals surface area (Å²) < 4.78 is 5.14. The molecule has 0 amide bonds. The highest BCUT2D eigenvalue weighted by atomic mass is 16.5. The molecule has 0 saturated heterocycles. The van der Waals surface area contributed by atoms with Crippen molar-refractivity contribution in [3.63, 3.8) is 0 Å². The van der Waals surface area contributed by atoms with Crippen LogP contribution >= 0.6 is 0 Å². The Hall–Kier alpha value is -1.29. The van der Waals surface area contributed by atoms with Crippen molar-refractivity contribution in [1.82, 2.24) is 9.88 Å². The Morgan fingerprint density at radius 2 is 2.25 bits per heavy atom. The van der Waals surface area contributed by atoms with Crippen LogP contribution in [0.15, 0.2) is 18.3 Å². The van der Waals surface area contributed by atoms with Gasteiger partial charge in [0.15, 0.2) is 0 Å². The minimum Gasteiger partial charge on any atom is -0.495 e. The molecule has 0 radical (unpaired) electrons. The topological polar surface area (TPSA) is 37.4 Å². The maximum absolute atomic E-state index is 5.14. The average molecular weight is 277 g/mol. The average Bonchev–Trinajstić information content (AvgIpc) is 2.45. The SMILES string of the molecule is COc1ccc(NCC2(N(C)C)CCCC(C)C2)nc1. The van der Waals surface area contributed by atoms with Gasteiger partial charge in [-0.3, -0.25) is 0 Å². The number of aromatic nitrogens is 1. The van der Waals surface area contributed by atoms with Crippen LogP contribution in [0.3, 0.4) is 0 Å². The molecule has 1 saturated carbocycles. The van der Waals surface area contributed by atoms with Gasteiger partial charge in [0.1, 0.15) is 11.6 Å². The number of nitrogens with one attached hydrogen (secondary N) is 1. The zero-order chi connectivity index (χ0) is 14.6. The second kappa shape index (κ2) is 6.44. The first kappa shape index (κ1) is 15.1. The van der Waals surface area contributed by atoms with Crippen LogP contribution in [-0.2, 0) is 0 Å². The van der Waals surface area contributed by atoms with Crippen molar-refractivity contribution in [3.8, 4) is 5.75 Å². The highest BCUT2D eigenvalue weighted by Gasteiger charge is 2.36. The number of anilines is 1. The van der Waals surface area contributed by atoms with E-state index in [9.17, 15) is 0 Å². The van der Waals surface area contributed by atoms with E-state index in [2.05, 4.69) is 36.2 Å². The third-order valence-corrected chi connectivity index (χ3v) is 4.59. The van der Waals surface area contributed by atoms with Crippen LogP contribution in [0.25, 0.3) is 0 Å². The van der Waals surface area contributed by atoms with Gasteiger partial charge in [-0.2, -0.15) is 0 Å². The van der Waals surface area contributed by atoms with Gasteiger partial charge in [0.25, 0.3) is 0 Å². The van der Waals surface area contributed by atoms with Crippen molar-refractivity contribution in [3.05, 3.63) is 18.3 Å². The summed E-state index contributed by atoms with van der Waals surface area (Å²) in [4.78, 5) is 6.78. The van der Waals surface area contributed by atoms with Gasteiger partial charge in [0, 0.05) is 12.1 Å². The smallest absolute Gasteiger partial charge is 0.137 e. The van der Waals surface area contributed by atoms with Gasteiger partial charge in [-0.15, -0.1) is 0 Å². The molecule has 1 fully saturated rings. The van der Waals surface area contributed by atoms with Crippen LogP contribution in [-0.4, -0.2) is 43.2 Å². The summed E-state index contributed by atoms with van der Waals surface area (Å²) in [5.74, 6) is 2.52. The number of rotatable bonds is 5. The molecule has 4 nitrogen and oxygen atoms in total. The predicted molar refractivity (Wildman–Crippen MR) is 83.3 cm³/mol. The fraction of sp³-hybridized carbons (Fsp3) is 0.688. The number of hydrogen-bond donors (Lipinski definition) is 1. The van der Waals surface area contributed by atoms with Crippen LogP contribution in [0.2, 0.25) is 0 Å². The fourth-order valence-electron chi connectivity index (χ4n) is 3.22. The molecule has 1 aromatic heterocycles. The van der Waals surface area contributed by atoms with Crippen LogP contribution in [0.4, 0.5) is 5.82 Å². The van der Waals surface area contributed by atoms with Crippen molar-refractivity contribution in [2.24, 2.45) is 5.92 Å². The minimum absolute atomic E-state index is 0.249. The number of ether oxygens (including phenoxy) is 1. The molecule has 112 valence electrons. The van der Waals surface area contributed by atoms with Gasteiger partial charge in [0.2, 0.25) is 0 Å². The predicted octanol–water partition coefficient (Wildman–Crippen LogP) is 3.01. The summed E-state index contributed by atoms with van der Waals surface area (Å²) in [6, 6.07) is 3.93. The summed E-state index contributed by atoms with van der Waals surface area (Å²) in [5.41, 5.74) is 0.249. The number of hydrogen-bond acceptors (Lipinski definition) is 4. The highest BCUT2D eigenvalue weighted by molar-refractivity contribution is 5.38. The van der Waals surface area contributed by atoms with Crippen molar-refractivity contribution in [2.45, 2.75) is 38.1 Å². The first-order valence-electron chi connectivity index (χ1n) is 7.47. The summed E-state index contributed by atoms with van der Waals surface area (Å²) in [5, 5.41) is 3.50. The van der Waals surface area contributed by atoms with Crippen LogP contribution in [0.1, 0.15) is 32.6 Å². The number of likely N-dealkylation sites (N-methyl/N-ethyl adjacent to an activating group) is 1. The van der Waals surface area contributed by atoms with Crippen molar-refractivity contribution >= 4 is 5.82 Å². The molecule has 1 aliphatic rings. The summed E-state index contributed by atoms with van der Waals surface area (Å²) in [6.07, 6.45) is 6.94. The zero-order valence-electron chi connectivity index (χ0n) is 13.1. The standard InChI is InChI=1S/C16H27N3O/c1-13-6-5-9-16(10-13,19(2)3)12-18-15-8-7-14(20-4)11-17-15/h7-8,11,13H,5-6,9-10,12H2,1-4H3,(H,17,18). The molecule has 2 unspecified atom stereocenters. The van der Waals surface area contributed by atoms with Gasteiger partial charge in [0.05, 0.1) is 13.3 Å². The molecular formula is C16H27N3O. The first-order chi connectivity index (χ1) is 9.55. The minimum atomic E-state index is 0.249. The fourth-order valence-corrected chi connectivity index (χ4v) is 3.22. The lowest BCUT2D eigenvalue weighted by Gasteiger charge is -2.45. The molecule has 1 aromatic rings. The summed E-state index contributed by atoms with van der Waals surface area (Å²) in [7, 11) is 6.05. The molecule has 1 aliphatic carbocycles. The van der Waals surface area contributed by atoms with E-state index >= 15 is 0 Å². The van der Waals surface area contributed by atoms with E-state index in [4.69, 9.17) is 4.74 Å². The highest BCUT2D eigenvalue weighted by Crippen LogP contribution is 2.35. The third kappa shape index (κ3) is 3.42. The van der Waals surface area contributed by atoms with Gasteiger partial charge in [-0.1, -0.05) is 19.8 Å². The first-order valence-corrected chi connectivity index (χ1v) is 7.47. The van der Waals surface area contributed by atoms with E-state index in [1.807, 2.05) is 12.1 Å². The Bertz CT molecular complexity index is 418. The molecule has 4 heteroatoms. The second-order valence-corrected chi connectivity index (χ2v) is 6.26. The molecule has 0 spiro atoms. The van der Waals surface area contributed by atoms with Crippen molar-refractivity contribution in [1.29, 1.82) is 0 Å². The van der Waals surface area contributed by atoms with E-state index in [-0.39, 0.29) is 5.54 Å². The van der Waals surface area contributed by atoms with E-state index in [0.29, 0.717) is 0 Å². The monoisotopic (exact) mass is 277 g/mol.